The number of allylic oxidation sites excluding steroid dienone is 1. The Morgan fingerprint density at radius 2 is 1.70 bits per heavy atom. The molecule has 3 aromatic carbocycles. The highest BCUT2D eigenvalue weighted by molar-refractivity contribution is 6.08. The number of halogens is 1. The lowest BCUT2D eigenvalue weighted by Gasteiger charge is -2.52. The van der Waals surface area contributed by atoms with E-state index in [0.29, 0.717) is 6.04 Å². The third-order valence-electron chi connectivity index (χ3n) is 12.6. The molecule has 0 radical (unpaired) electrons. The molecule has 0 fully saturated rings. The first-order valence-electron chi connectivity index (χ1n) is 17.8. The van der Waals surface area contributed by atoms with Crippen molar-refractivity contribution in [2.45, 2.75) is 123 Å². The summed E-state index contributed by atoms with van der Waals surface area (Å²) in [5, 5.41) is 2.70. The zero-order valence-electron chi connectivity index (χ0n) is 29.1. The maximum atomic E-state index is 16.6. The summed E-state index contributed by atoms with van der Waals surface area (Å²) in [4.78, 5) is 0. The lowest BCUT2D eigenvalue weighted by Crippen LogP contribution is -2.76. The van der Waals surface area contributed by atoms with Crippen LogP contribution in [-0.2, 0) is 29.3 Å². The van der Waals surface area contributed by atoms with E-state index in [1.54, 1.807) is 0 Å². The molecule has 4 heterocycles. The van der Waals surface area contributed by atoms with E-state index in [2.05, 4.69) is 119 Å². The molecule has 3 aliphatic heterocycles. The average Bonchev–Trinajstić information content (AvgIpc) is 3.03. The van der Waals surface area contributed by atoms with Crippen molar-refractivity contribution in [1.29, 1.82) is 0 Å². The van der Waals surface area contributed by atoms with Crippen molar-refractivity contribution in [3.05, 3.63) is 111 Å². The fourth-order valence-corrected chi connectivity index (χ4v) is 10.7. The number of benzene rings is 3. The van der Waals surface area contributed by atoms with E-state index < -0.39 is 5.41 Å². The Kier molecular flexibility index (Phi) is 6.45. The first-order valence-corrected chi connectivity index (χ1v) is 17.8. The van der Waals surface area contributed by atoms with Crippen molar-refractivity contribution in [3.63, 3.8) is 0 Å². The molecule has 1 spiro atoms. The second-order valence-electron chi connectivity index (χ2n) is 15.4. The van der Waals surface area contributed by atoms with Crippen molar-refractivity contribution < 1.29 is 13.5 Å². The molecule has 0 saturated carbocycles. The molecule has 0 amide bonds. The molecule has 0 saturated heterocycles. The third-order valence-corrected chi connectivity index (χ3v) is 12.6. The number of hydrogen-bond donors (Lipinski definition) is 0. The molecule has 3 heteroatoms. The van der Waals surface area contributed by atoms with E-state index in [9.17, 15) is 0 Å². The van der Waals surface area contributed by atoms with Gasteiger partial charge in [0.2, 0.25) is 16.9 Å². The average molecular weight is 613 g/mol. The molecule has 4 aromatic rings. The van der Waals surface area contributed by atoms with Crippen molar-refractivity contribution >= 4 is 16.5 Å². The number of fused-ring (bicyclic) bond motifs is 4. The van der Waals surface area contributed by atoms with Crippen molar-refractivity contribution in [2.24, 2.45) is 0 Å². The SMILES string of the molecule is CCCCc1ccc2c3c4[n+](ccc13)C(CC)(CC)C1(Cc3ccc(C)cc3C3=[N+]1C(C)CC(C)=C3)c1ccc(F)c(c1-4)C2(C)C. The van der Waals surface area contributed by atoms with Crippen LogP contribution >= 0.6 is 0 Å². The predicted octanol–water partition coefficient (Wildman–Crippen LogP) is 9.74. The van der Waals surface area contributed by atoms with Gasteiger partial charge in [-0.2, -0.15) is 4.57 Å². The summed E-state index contributed by atoms with van der Waals surface area (Å²) in [6.07, 6.45) is 12.2. The summed E-state index contributed by atoms with van der Waals surface area (Å²) in [6.45, 7) is 18.5. The fraction of sp³-hybridized carbons (Fsp3) is 0.442. The van der Waals surface area contributed by atoms with Gasteiger partial charge in [-0.1, -0.05) is 76.4 Å². The number of aromatic nitrogens is 1. The summed E-state index contributed by atoms with van der Waals surface area (Å²) in [6, 6.07) is 18.5. The van der Waals surface area contributed by atoms with Gasteiger partial charge in [0.05, 0.1) is 10.9 Å². The van der Waals surface area contributed by atoms with Crippen LogP contribution in [0.25, 0.3) is 22.0 Å². The van der Waals surface area contributed by atoms with E-state index in [4.69, 9.17) is 0 Å². The van der Waals surface area contributed by atoms with Gasteiger partial charge in [0.25, 0.3) is 5.54 Å². The normalized spacial score (nSPS) is 23.0. The summed E-state index contributed by atoms with van der Waals surface area (Å²) >= 11 is 0. The Bertz CT molecular complexity index is 2040. The maximum Gasteiger partial charge on any atom is 0.257 e. The molecule has 0 bridgehead atoms. The van der Waals surface area contributed by atoms with Crippen LogP contribution in [0, 0.1) is 12.7 Å². The first kappa shape index (κ1) is 29.8. The minimum atomic E-state index is -0.469. The Balaban J connectivity index is 1.60. The van der Waals surface area contributed by atoms with Gasteiger partial charge in [0.1, 0.15) is 5.82 Å². The lowest BCUT2D eigenvalue weighted by molar-refractivity contribution is -0.830. The van der Waals surface area contributed by atoms with E-state index in [1.165, 1.54) is 74.0 Å². The largest absolute Gasteiger partial charge is 0.257 e. The second kappa shape index (κ2) is 9.96. The Hall–Kier alpha value is -3.59. The Labute approximate surface area is 274 Å². The smallest absolute Gasteiger partial charge is 0.210 e. The van der Waals surface area contributed by atoms with Crippen molar-refractivity contribution in [2.75, 3.05) is 0 Å². The summed E-state index contributed by atoms with van der Waals surface area (Å²) in [5.74, 6) is -0.0814. The number of rotatable bonds is 5. The number of nitrogens with zero attached hydrogens (tertiary/aromatic N) is 2. The fourth-order valence-electron chi connectivity index (χ4n) is 10.7. The standard InChI is InChI=1S/C43H49FN2/c1-9-12-13-29-16-17-33-37-31(29)20-21-45-40(37)38-34(18-19-35(44)39(38)41(33,7)8)43(42(45,10-2)11-3)25-30-15-14-26(4)23-32(30)36-24-27(5)22-28(6)46(36)43/h14-21,23-24,28H,9-13,22,25H2,1-8H3/q+2. The second-order valence-corrected chi connectivity index (χ2v) is 15.4. The summed E-state index contributed by atoms with van der Waals surface area (Å²) in [7, 11) is 0. The summed E-state index contributed by atoms with van der Waals surface area (Å²) < 4.78 is 22.1. The number of pyridine rings is 1. The van der Waals surface area contributed by atoms with Gasteiger partial charge in [-0.3, -0.25) is 0 Å². The molecule has 2 unspecified atom stereocenters. The molecule has 0 N–H and O–H groups in total. The molecule has 4 aliphatic rings. The van der Waals surface area contributed by atoms with Crippen molar-refractivity contribution in [1.82, 2.24) is 0 Å². The van der Waals surface area contributed by atoms with E-state index in [0.717, 1.165) is 43.2 Å². The number of aryl methyl sites for hydroxylation is 2. The van der Waals surface area contributed by atoms with Gasteiger partial charge in [-0.15, -0.1) is 0 Å². The Morgan fingerprint density at radius 1 is 0.935 bits per heavy atom. The van der Waals surface area contributed by atoms with Crippen LogP contribution in [0.2, 0.25) is 0 Å². The highest BCUT2D eigenvalue weighted by atomic mass is 19.1. The third kappa shape index (κ3) is 3.47. The van der Waals surface area contributed by atoms with Gasteiger partial charge in [0.15, 0.2) is 12.2 Å². The Morgan fingerprint density at radius 3 is 2.43 bits per heavy atom. The van der Waals surface area contributed by atoms with Gasteiger partial charge in [-0.25, -0.2) is 8.97 Å². The molecule has 2 nitrogen and oxygen atoms in total. The minimum Gasteiger partial charge on any atom is -0.210 e. The monoisotopic (exact) mass is 612 g/mol. The van der Waals surface area contributed by atoms with Crippen LogP contribution in [0.3, 0.4) is 0 Å². The van der Waals surface area contributed by atoms with Gasteiger partial charge < -0.3 is 0 Å². The first-order chi connectivity index (χ1) is 22.1. The number of hydrogen-bond acceptors (Lipinski definition) is 0. The highest BCUT2D eigenvalue weighted by Crippen LogP contribution is 2.60. The minimum absolute atomic E-state index is 0.0814. The van der Waals surface area contributed by atoms with Crippen LogP contribution in [0.4, 0.5) is 4.39 Å². The molecule has 2 atom stereocenters. The van der Waals surface area contributed by atoms with E-state index >= 15 is 4.39 Å². The molecule has 46 heavy (non-hydrogen) atoms. The zero-order chi connectivity index (χ0) is 32.3. The van der Waals surface area contributed by atoms with Gasteiger partial charge in [0, 0.05) is 59.9 Å². The molecule has 1 aliphatic carbocycles. The number of unbranched alkanes of at least 4 members (excludes halogenated alkanes) is 1. The van der Waals surface area contributed by atoms with Crippen LogP contribution in [-0.4, -0.2) is 16.3 Å². The van der Waals surface area contributed by atoms with E-state index in [-0.39, 0.29) is 16.9 Å². The van der Waals surface area contributed by atoms with Gasteiger partial charge in [-0.05, 0) is 73.9 Å². The topological polar surface area (TPSA) is 6.89 Å². The zero-order valence-corrected chi connectivity index (χ0v) is 29.1. The highest BCUT2D eigenvalue weighted by Gasteiger charge is 2.72. The van der Waals surface area contributed by atoms with Crippen LogP contribution in [0.1, 0.15) is 120 Å². The molecular formula is C43H49FN2+2. The van der Waals surface area contributed by atoms with Gasteiger partial charge >= 0.3 is 0 Å². The molecule has 1 aromatic heterocycles. The van der Waals surface area contributed by atoms with Crippen molar-refractivity contribution in [3.8, 4) is 11.3 Å². The van der Waals surface area contributed by atoms with Crippen LogP contribution in [0.15, 0.2) is 66.4 Å². The molecular weight excluding hydrogens is 563 g/mol. The molecule has 236 valence electrons. The predicted molar refractivity (Wildman–Crippen MR) is 188 cm³/mol. The van der Waals surface area contributed by atoms with E-state index in [1.807, 2.05) is 6.07 Å². The maximum absolute atomic E-state index is 16.6. The lowest BCUT2D eigenvalue weighted by atomic mass is 9.56. The van der Waals surface area contributed by atoms with Crippen LogP contribution in [0.5, 0.6) is 0 Å². The molecule has 8 rings (SSSR count). The summed E-state index contributed by atoms with van der Waals surface area (Å²) in [5.41, 5.74) is 13.0. The quantitative estimate of drug-likeness (QED) is 0.198. The van der Waals surface area contributed by atoms with Crippen LogP contribution < -0.4 is 4.57 Å².